The molecule has 0 aromatic carbocycles. The maximum atomic E-state index is 9.64. The van der Waals surface area contributed by atoms with Crippen LogP contribution >= 0.6 is 0 Å². The van der Waals surface area contributed by atoms with E-state index in [-0.39, 0.29) is 12.1 Å². The minimum atomic E-state index is -0.0577. The molecule has 0 amide bonds. The van der Waals surface area contributed by atoms with Gasteiger partial charge in [0.15, 0.2) is 0 Å². The number of aliphatic hydroxyl groups is 1. The van der Waals surface area contributed by atoms with Crippen molar-refractivity contribution < 1.29 is 5.11 Å². The van der Waals surface area contributed by atoms with E-state index >= 15 is 0 Å². The Labute approximate surface area is 111 Å². The lowest BCUT2D eigenvalue weighted by Crippen LogP contribution is -2.49. The van der Waals surface area contributed by atoms with Crippen LogP contribution in [0.4, 0.5) is 0 Å². The summed E-state index contributed by atoms with van der Waals surface area (Å²) < 4.78 is 0. The monoisotopic (exact) mass is 252 g/mol. The van der Waals surface area contributed by atoms with E-state index < -0.39 is 0 Å². The molecule has 3 fully saturated rings. The van der Waals surface area contributed by atoms with Gasteiger partial charge in [0.2, 0.25) is 0 Å². The topological polar surface area (TPSA) is 35.5 Å². The molecule has 0 spiro atoms. The first kappa shape index (κ1) is 12.9. The predicted octanol–water partition coefficient (Wildman–Crippen LogP) is 1.75. The Morgan fingerprint density at radius 2 is 1.89 bits per heavy atom. The van der Waals surface area contributed by atoms with Crippen LogP contribution < -0.4 is 5.32 Å². The van der Waals surface area contributed by atoms with E-state index in [1.54, 1.807) is 0 Å². The lowest BCUT2D eigenvalue weighted by atomic mass is 9.98. The van der Waals surface area contributed by atoms with Crippen LogP contribution in [0.1, 0.15) is 51.9 Å². The van der Waals surface area contributed by atoms with Gasteiger partial charge in [-0.3, -0.25) is 0 Å². The second kappa shape index (κ2) is 5.10. The Morgan fingerprint density at radius 1 is 1.17 bits per heavy atom. The Hall–Kier alpha value is -0.120. The van der Waals surface area contributed by atoms with Crippen molar-refractivity contribution in [1.82, 2.24) is 10.2 Å². The van der Waals surface area contributed by atoms with E-state index in [4.69, 9.17) is 0 Å². The molecular formula is C15H28N2O. The quantitative estimate of drug-likeness (QED) is 0.656. The van der Waals surface area contributed by atoms with Gasteiger partial charge in [-0.1, -0.05) is 0 Å². The molecule has 3 heteroatoms. The van der Waals surface area contributed by atoms with Crippen LogP contribution in [0.5, 0.6) is 0 Å². The molecule has 3 nitrogen and oxygen atoms in total. The minimum Gasteiger partial charge on any atom is -0.394 e. The van der Waals surface area contributed by atoms with Crippen LogP contribution in [0.2, 0.25) is 0 Å². The summed E-state index contributed by atoms with van der Waals surface area (Å²) in [4.78, 5) is 2.69. The van der Waals surface area contributed by atoms with E-state index in [1.165, 1.54) is 45.1 Å². The van der Waals surface area contributed by atoms with Gasteiger partial charge in [-0.05, 0) is 57.8 Å². The van der Waals surface area contributed by atoms with Gasteiger partial charge < -0.3 is 15.3 Å². The molecule has 2 N–H and O–H groups in total. The molecule has 0 aromatic rings. The summed E-state index contributed by atoms with van der Waals surface area (Å²) in [6, 6.07) is 1.55. The molecule has 104 valence electrons. The zero-order chi connectivity index (χ0) is 12.6. The van der Waals surface area contributed by atoms with Crippen LogP contribution in [0.3, 0.4) is 0 Å². The van der Waals surface area contributed by atoms with Crippen LogP contribution in [-0.4, -0.2) is 47.3 Å². The van der Waals surface area contributed by atoms with E-state index in [2.05, 4.69) is 17.1 Å². The first-order valence-electron chi connectivity index (χ1n) is 7.81. The number of hydrogen-bond acceptors (Lipinski definition) is 3. The van der Waals surface area contributed by atoms with E-state index in [1.807, 2.05) is 0 Å². The van der Waals surface area contributed by atoms with Gasteiger partial charge >= 0.3 is 0 Å². The Kier molecular flexibility index (Phi) is 3.65. The molecule has 0 heterocycles. The zero-order valence-corrected chi connectivity index (χ0v) is 11.7. The molecule has 0 radical (unpaired) electrons. The van der Waals surface area contributed by atoms with Crippen molar-refractivity contribution in [2.75, 3.05) is 19.7 Å². The van der Waals surface area contributed by atoms with E-state index in [9.17, 15) is 5.11 Å². The number of hydrogen-bond donors (Lipinski definition) is 2. The summed E-state index contributed by atoms with van der Waals surface area (Å²) in [6.07, 6.45) is 9.37. The van der Waals surface area contributed by atoms with Crippen molar-refractivity contribution >= 4 is 0 Å². The first-order valence-corrected chi connectivity index (χ1v) is 7.81. The van der Waals surface area contributed by atoms with Crippen LogP contribution in [-0.2, 0) is 0 Å². The van der Waals surface area contributed by atoms with Crippen molar-refractivity contribution in [1.29, 1.82) is 0 Å². The fourth-order valence-electron chi connectivity index (χ4n) is 2.80. The highest BCUT2D eigenvalue weighted by Gasteiger charge is 2.36. The third-order valence-electron chi connectivity index (χ3n) is 4.68. The molecule has 1 atom stereocenters. The van der Waals surface area contributed by atoms with Gasteiger partial charge in [0.05, 0.1) is 6.61 Å². The number of rotatable bonds is 9. The highest BCUT2D eigenvalue weighted by molar-refractivity contribution is 4.95. The summed E-state index contributed by atoms with van der Waals surface area (Å²) in [5.74, 6) is 0.988. The number of aliphatic hydroxyl groups excluding tert-OH is 1. The molecule has 0 saturated heterocycles. The van der Waals surface area contributed by atoms with Gasteiger partial charge in [0, 0.05) is 30.7 Å². The standard InChI is InChI=1S/C15H28N2O/c1-15(11-18,16-13-4-5-13)8-9-17(14-6-7-14)10-12-2-3-12/h12-14,16,18H,2-11H2,1H3. The highest BCUT2D eigenvalue weighted by atomic mass is 16.3. The third kappa shape index (κ3) is 3.69. The average molecular weight is 252 g/mol. The van der Waals surface area contributed by atoms with Gasteiger partial charge in [0.1, 0.15) is 0 Å². The molecule has 0 bridgehead atoms. The predicted molar refractivity (Wildman–Crippen MR) is 73.6 cm³/mol. The second-order valence-electron chi connectivity index (χ2n) is 7.06. The fourth-order valence-corrected chi connectivity index (χ4v) is 2.80. The SMILES string of the molecule is CC(CO)(CCN(CC1CC1)C1CC1)NC1CC1. The number of nitrogens with one attached hydrogen (secondary N) is 1. The summed E-state index contributed by atoms with van der Waals surface area (Å²) >= 11 is 0. The molecule has 0 aliphatic heterocycles. The van der Waals surface area contributed by atoms with Gasteiger partial charge in [-0.25, -0.2) is 0 Å². The molecule has 0 aromatic heterocycles. The second-order valence-corrected chi connectivity index (χ2v) is 7.06. The Balaban J connectivity index is 1.46. The molecule has 3 saturated carbocycles. The maximum Gasteiger partial charge on any atom is 0.0611 e. The summed E-state index contributed by atoms with van der Waals surface area (Å²) in [6.45, 7) is 4.94. The highest BCUT2D eigenvalue weighted by Crippen LogP contribution is 2.35. The average Bonchev–Trinajstić information content (AvgIpc) is 3.18. The maximum absolute atomic E-state index is 9.64. The zero-order valence-electron chi connectivity index (χ0n) is 11.7. The normalized spacial score (nSPS) is 27.5. The molecule has 3 rings (SSSR count). The largest absolute Gasteiger partial charge is 0.394 e. The van der Waals surface area contributed by atoms with E-state index in [0.29, 0.717) is 6.04 Å². The van der Waals surface area contributed by atoms with Gasteiger partial charge in [0.25, 0.3) is 0 Å². The lowest BCUT2D eigenvalue weighted by Gasteiger charge is -2.32. The van der Waals surface area contributed by atoms with Crippen molar-refractivity contribution in [2.24, 2.45) is 5.92 Å². The van der Waals surface area contributed by atoms with Gasteiger partial charge in [-0.2, -0.15) is 0 Å². The molecular weight excluding hydrogens is 224 g/mol. The van der Waals surface area contributed by atoms with Crippen molar-refractivity contribution in [3.05, 3.63) is 0 Å². The molecule has 1 unspecified atom stereocenters. The van der Waals surface area contributed by atoms with E-state index in [0.717, 1.165) is 24.9 Å². The van der Waals surface area contributed by atoms with Crippen LogP contribution in [0, 0.1) is 5.92 Å². The summed E-state index contributed by atoms with van der Waals surface area (Å²) in [5, 5.41) is 13.3. The van der Waals surface area contributed by atoms with Crippen LogP contribution in [0.25, 0.3) is 0 Å². The Morgan fingerprint density at radius 3 is 2.39 bits per heavy atom. The van der Waals surface area contributed by atoms with Crippen molar-refractivity contribution in [3.63, 3.8) is 0 Å². The smallest absolute Gasteiger partial charge is 0.0611 e. The summed E-state index contributed by atoms with van der Waals surface area (Å²) in [7, 11) is 0. The molecule has 3 aliphatic rings. The van der Waals surface area contributed by atoms with Crippen LogP contribution in [0.15, 0.2) is 0 Å². The van der Waals surface area contributed by atoms with Gasteiger partial charge in [-0.15, -0.1) is 0 Å². The van der Waals surface area contributed by atoms with Crippen molar-refractivity contribution in [2.45, 2.75) is 69.5 Å². The minimum absolute atomic E-state index is 0.0577. The fraction of sp³-hybridized carbons (Fsp3) is 1.00. The molecule has 18 heavy (non-hydrogen) atoms. The number of nitrogens with zero attached hydrogens (tertiary/aromatic N) is 1. The summed E-state index contributed by atoms with van der Waals surface area (Å²) in [5.41, 5.74) is -0.0577. The third-order valence-corrected chi connectivity index (χ3v) is 4.68. The first-order chi connectivity index (χ1) is 8.68. The molecule has 3 aliphatic carbocycles. The Bertz CT molecular complexity index is 284. The lowest BCUT2D eigenvalue weighted by molar-refractivity contribution is 0.139. The van der Waals surface area contributed by atoms with Crippen molar-refractivity contribution in [3.8, 4) is 0 Å².